The highest BCUT2D eigenvalue weighted by Gasteiger charge is 2.28. The van der Waals surface area contributed by atoms with E-state index < -0.39 is 0 Å². The topological polar surface area (TPSA) is 91.9 Å². The first-order valence-corrected chi connectivity index (χ1v) is 10.6. The zero-order valence-electron chi connectivity index (χ0n) is 18.1. The molecule has 0 spiro atoms. The summed E-state index contributed by atoms with van der Waals surface area (Å²) in [5, 5.41) is 9.62. The zero-order valence-corrected chi connectivity index (χ0v) is 18.1. The fraction of sp³-hybridized carbons (Fsp3) is 0.292. The lowest BCUT2D eigenvalue weighted by molar-refractivity contribution is -0.142. The van der Waals surface area contributed by atoms with Crippen molar-refractivity contribution in [2.75, 3.05) is 6.54 Å². The molecule has 0 bridgehead atoms. The first kappa shape index (κ1) is 21.4. The van der Waals surface area contributed by atoms with Gasteiger partial charge in [-0.2, -0.15) is 10.1 Å². The molecule has 8 heteroatoms. The number of aromatic nitrogens is 2. The maximum Gasteiger partial charge on any atom is 0.274 e. The van der Waals surface area contributed by atoms with E-state index in [1.54, 1.807) is 4.90 Å². The van der Waals surface area contributed by atoms with Gasteiger partial charge in [0.1, 0.15) is 12.3 Å². The van der Waals surface area contributed by atoms with E-state index in [4.69, 9.17) is 4.52 Å². The van der Waals surface area contributed by atoms with Gasteiger partial charge in [0.2, 0.25) is 17.6 Å². The SMILES string of the molecule is CC(C)N(Cc1ccccc1)C(=O)CN1N=C(c2nc(-c3ccccc3)no2)CCC1=O. The molecule has 0 radical (unpaired) electrons. The molecule has 0 saturated heterocycles. The van der Waals surface area contributed by atoms with Crippen LogP contribution in [0.5, 0.6) is 0 Å². The number of rotatable bonds is 7. The molecule has 164 valence electrons. The molecule has 2 heterocycles. The molecule has 0 atom stereocenters. The molecule has 1 aliphatic rings. The van der Waals surface area contributed by atoms with Crippen molar-refractivity contribution in [3.05, 3.63) is 72.1 Å². The Balaban J connectivity index is 1.50. The second-order valence-corrected chi connectivity index (χ2v) is 7.89. The van der Waals surface area contributed by atoms with Crippen molar-refractivity contribution in [1.29, 1.82) is 0 Å². The van der Waals surface area contributed by atoms with E-state index in [0.717, 1.165) is 11.1 Å². The Labute approximate surface area is 186 Å². The van der Waals surface area contributed by atoms with Crippen molar-refractivity contribution >= 4 is 17.5 Å². The molecule has 0 N–H and O–H groups in total. The van der Waals surface area contributed by atoms with Gasteiger partial charge in [-0.25, -0.2) is 5.01 Å². The van der Waals surface area contributed by atoms with Crippen LogP contribution in [0.4, 0.5) is 0 Å². The lowest BCUT2D eigenvalue weighted by Gasteiger charge is -2.30. The summed E-state index contributed by atoms with van der Waals surface area (Å²) in [5.74, 6) is 0.349. The van der Waals surface area contributed by atoms with Crippen LogP contribution in [0.15, 0.2) is 70.3 Å². The predicted molar refractivity (Wildman–Crippen MR) is 119 cm³/mol. The molecule has 0 fully saturated rings. The van der Waals surface area contributed by atoms with Gasteiger partial charge in [0.05, 0.1) is 0 Å². The molecule has 2 amide bonds. The Morgan fingerprint density at radius 1 is 1.06 bits per heavy atom. The van der Waals surface area contributed by atoms with Crippen LogP contribution in [0.1, 0.15) is 38.1 Å². The average molecular weight is 431 g/mol. The van der Waals surface area contributed by atoms with E-state index >= 15 is 0 Å². The minimum Gasteiger partial charge on any atom is -0.334 e. The smallest absolute Gasteiger partial charge is 0.274 e. The molecule has 32 heavy (non-hydrogen) atoms. The molecule has 0 aliphatic carbocycles. The van der Waals surface area contributed by atoms with Gasteiger partial charge in [-0.1, -0.05) is 65.8 Å². The van der Waals surface area contributed by atoms with Crippen molar-refractivity contribution in [2.24, 2.45) is 5.10 Å². The number of benzene rings is 2. The van der Waals surface area contributed by atoms with E-state index in [9.17, 15) is 9.59 Å². The summed E-state index contributed by atoms with van der Waals surface area (Å²) in [7, 11) is 0. The van der Waals surface area contributed by atoms with Crippen LogP contribution in [-0.4, -0.2) is 50.2 Å². The van der Waals surface area contributed by atoms with Crippen molar-refractivity contribution < 1.29 is 14.1 Å². The van der Waals surface area contributed by atoms with Crippen molar-refractivity contribution in [3.8, 4) is 11.4 Å². The number of carbonyl (C=O) groups is 2. The largest absolute Gasteiger partial charge is 0.334 e. The van der Waals surface area contributed by atoms with Crippen LogP contribution in [0, 0.1) is 0 Å². The predicted octanol–water partition coefficient (Wildman–Crippen LogP) is 3.50. The van der Waals surface area contributed by atoms with Gasteiger partial charge in [0.15, 0.2) is 0 Å². The lowest BCUT2D eigenvalue weighted by atomic mass is 10.1. The standard InChI is InChI=1S/C24H25N5O3/c1-17(2)28(15-18-9-5-3-6-10-18)22(31)16-29-21(30)14-13-20(26-29)24-25-23(27-32-24)19-11-7-4-8-12-19/h3-12,17H,13-16H2,1-2H3. The van der Waals surface area contributed by atoms with Gasteiger partial charge < -0.3 is 9.42 Å². The van der Waals surface area contributed by atoms with E-state index in [2.05, 4.69) is 15.2 Å². The Morgan fingerprint density at radius 3 is 2.44 bits per heavy atom. The molecule has 0 unspecified atom stereocenters. The van der Waals surface area contributed by atoms with Crippen molar-refractivity contribution in [2.45, 2.75) is 39.3 Å². The Hall–Kier alpha value is -3.81. The molecular weight excluding hydrogens is 406 g/mol. The fourth-order valence-corrected chi connectivity index (χ4v) is 3.48. The second-order valence-electron chi connectivity index (χ2n) is 7.89. The highest BCUT2D eigenvalue weighted by atomic mass is 16.5. The molecule has 3 aromatic rings. The van der Waals surface area contributed by atoms with Gasteiger partial charge in [-0.15, -0.1) is 0 Å². The molecule has 8 nitrogen and oxygen atoms in total. The van der Waals surface area contributed by atoms with Gasteiger partial charge >= 0.3 is 0 Å². The minimum atomic E-state index is -0.201. The summed E-state index contributed by atoms with van der Waals surface area (Å²) in [6.45, 7) is 4.25. The van der Waals surface area contributed by atoms with Crippen molar-refractivity contribution in [1.82, 2.24) is 20.0 Å². The quantitative estimate of drug-likeness (QED) is 0.571. The van der Waals surface area contributed by atoms with Crippen LogP contribution in [0.2, 0.25) is 0 Å². The van der Waals surface area contributed by atoms with Gasteiger partial charge in [-0.3, -0.25) is 9.59 Å². The fourth-order valence-electron chi connectivity index (χ4n) is 3.48. The van der Waals surface area contributed by atoms with Gasteiger partial charge in [0.25, 0.3) is 5.89 Å². The summed E-state index contributed by atoms with van der Waals surface area (Å²) >= 11 is 0. The van der Waals surface area contributed by atoms with Crippen LogP contribution < -0.4 is 0 Å². The maximum atomic E-state index is 13.0. The van der Waals surface area contributed by atoms with Crippen LogP contribution >= 0.6 is 0 Å². The normalized spacial score (nSPS) is 13.9. The number of hydrogen-bond acceptors (Lipinski definition) is 6. The van der Waals surface area contributed by atoms with Gasteiger partial charge in [0, 0.05) is 31.0 Å². The summed E-state index contributed by atoms with van der Waals surface area (Å²) in [4.78, 5) is 31.7. The van der Waals surface area contributed by atoms with E-state index in [1.165, 1.54) is 5.01 Å². The highest BCUT2D eigenvalue weighted by molar-refractivity contribution is 6.01. The highest BCUT2D eigenvalue weighted by Crippen LogP contribution is 2.19. The number of amides is 2. The monoisotopic (exact) mass is 431 g/mol. The van der Waals surface area contributed by atoms with Crippen molar-refractivity contribution in [3.63, 3.8) is 0 Å². The second kappa shape index (κ2) is 9.55. The average Bonchev–Trinajstić information content (AvgIpc) is 3.30. The number of nitrogens with zero attached hydrogens (tertiary/aromatic N) is 5. The first-order valence-electron chi connectivity index (χ1n) is 10.6. The first-order chi connectivity index (χ1) is 15.5. The van der Waals surface area contributed by atoms with Crippen LogP contribution in [-0.2, 0) is 16.1 Å². The molecular formula is C24H25N5O3. The zero-order chi connectivity index (χ0) is 22.5. The molecule has 1 aromatic heterocycles. The Bertz CT molecular complexity index is 1110. The Kier molecular flexibility index (Phi) is 6.39. The van der Waals surface area contributed by atoms with E-state index in [1.807, 2.05) is 74.5 Å². The third-order valence-electron chi connectivity index (χ3n) is 5.23. The van der Waals surface area contributed by atoms with Gasteiger partial charge in [-0.05, 0) is 19.4 Å². The molecule has 2 aromatic carbocycles. The number of hydrogen-bond donors (Lipinski definition) is 0. The van der Waals surface area contributed by atoms with Crippen LogP contribution in [0.25, 0.3) is 11.4 Å². The molecule has 1 aliphatic heterocycles. The third kappa shape index (κ3) is 4.91. The molecule has 4 rings (SSSR count). The molecule has 0 saturated carbocycles. The summed E-state index contributed by atoms with van der Waals surface area (Å²) in [6, 6.07) is 19.2. The summed E-state index contributed by atoms with van der Waals surface area (Å²) < 4.78 is 5.39. The number of hydrazone groups is 1. The maximum absolute atomic E-state index is 13.0. The lowest BCUT2D eigenvalue weighted by Crippen LogP contribution is -2.44. The number of carbonyl (C=O) groups excluding carboxylic acids is 2. The van der Waals surface area contributed by atoms with Crippen LogP contribution in [0.3, 0.4) is 0 Å². The Morgan fingerprint density at radius 2 is 1.75 bits per heavy atom. The summed E-state index contributed by atoms with van der Waals surface area (Å²) in [5.41, 5.74) is 2.37. The third-order valence-corrected chi connectivity index (χ3v) is 5.23. The van der Waals surface area contributed by atoms with E-state index in [-0.39, 0.29) is 36.7 Å². The summed E-state index contributed by atoms with van der Waals surface area (Å²) in [6.07, 6.45) is 0.618. The van der Waals surface area contributed by atoms with E-state index in [0.29, 0.717) is 24.5 Å². The minimum absolute atomic E-state index is 0.0181.